The summed E-state index contributed by atoms with van der Waals surface area (Å²) in [5.41, 5.74) is 3.73. The molecule has 0 saturated carbocycles. The van der Waals surface area contributed by atoms with Gasteiger partial charge in [-0.05, 0) is 42.0 Å². The zero-order chi connectivity index (χ0) is 22.7. The van der Waals surface area contributed by atoms with Gasteiger partial charge in [0.05, 0.1) is 19.5 Å². The molecule has 0 aliphatic heterocycles. The molecule has 0 atom stereocenters. The van der Waals surface area contributed by atoms with Crippen molar-refractivity contribution in [2.45, 2.75) is 52.2 Å². The first-order valence-corrected chi connectivity index (χ1v) is 12.6. The van der Waals surface area contributed by atoms with Crippen LogP contribution in [-0.2, 0) is 32.7 Å². The molecule has 0 saturated heterocycles. The van der Waals surface area contributed by atoms with Gasteiger partial charge in [-0.1, -0.05) is 61.4 Å². The first kappa shape index (κ1) is 31.8. The number of ether oxygens (including phenoxy) is 1. The molecule has 0 aliphatic carbocycles. The number of benzene rings is 2. The van der Waals surface area contributed by atoms with Crippen molar-refractivity contribution < 1.29 is 52.6 Å². The van der Waals surface area contributed by atoms with Crippen LogP contribution in [0.5, 0.6) is 0 Å². The fraction of sp³-hybridized carbons (Fsp3) is 0.458. The van der Waals surface area contributed by atoms with Crippen LogP contribution < -0.4 is 29.6 Å². The normalized spacial score (nSPS) is 10.9. The van der Waals surface area contributed by atoms with Gasteiger partial charge in [-0.25, -0.2) is 8.42 Å². The molecule has 2 aromatic rings. The largest absolute Gasteiger partial charge is 1.00 e. The smallest absolute Gasteiger partial charge is 1.00 e. The Labute approximate surface area is 222 Å². The van der Waals surface area contributed by atoms with Crippen LogP contribution in [0.2, 0.25) is 0 Å². The monoisotopic (exact) mass is 481 g/mol. The van der Waals surface area contributed by atoms with Gasteiger partial charge in [0.1, 0.15) is 0 Å². The average Bonchev–Trinajstić information content (AvgIpc) is 2.75. The van der Waals surface area contributed by atoms with Crippen LogP contribution in [-0.4, -0.2) is 51.6 Å². The van der Waals surface area contributed by atoms with Crippen LogP contribution in [0.15, 0.2) is 48.5 Å². The van der Waals surface area contributed by atoms with Crippen molar-refractivity contribution in [2.24, 2.45) is 0 Å². The Morgan fingerprint density at radius 1 is 1.00 bits per heavy atom. The summed E-state index contributed by atoms with van der Waals surface area (Å²) in [7, 11) is -3.32. The molecule has 174 valence electrons. The van der Waals surface area contributed by atoms with Gasteiger partial charge in [0, 0.05) is 19.5 Å². The minimum atomic E-state index is -3.32. The molecule has 2 aromatic carbocycles. The number of rotatable bonds is 13. The average molecular weight is 481 g/mol. The molecule has 4 radical (unpaired) electrons. The summed E-state index contributed by atoms with van der Waals surface area (Å²) in [5, 5.41) is 9.53. The Morgan fingerprint density at radius 3 is 2.24 bits per heavy atom. The number of unbranched alkanes of at least 4 members (excludes halogenated alkanes) is 3. The van der Waals surface area contributed by atoms with E-state index in [1.54, 1.807) is 6.92 Å². The number of carbonyl (C=O) groups excluding carboxylic acids is 1. The summed E-state index contributed by atoms with van der Waals surface area (Å²) < 4.78 is 30.9. The van der Waals surface area contributed by atoms with E-state index < -0.39 is 10.0 Å². The molecule has 2 rings (SSSR count). The summed E-state index contributed by atoms with van der Waals surface area (Å²) in [4.78, 5) is 11.3. The van der Waals surface area contributed by atoms with E-state index in [2.05, 4.69) is 0 Å². The van der Waals surface area contributed by atoms with Crippen LogP contribution in [0.1, 0.15) is 50.2 Å². The summed E-state index contributed by atoms with van der Waals surface area (Å²) in [5.74, 6) is -0.176. The van der Waals surface area contributed by atoms with E-state index in [9.17, 15) is 18.3 Å². The van der Waals surface area contributed by atoms with Crippen LogP contribution in [0, 0.1) is 0 Å². The third-order valence-electron chi connectivity index (χ3n) is 5.12. The minimum absolute atomic E-state index is 0. The first-order valence-electron chi connectivity index (χ1n) is 10.7. The number of aliphatic hydroxyl groups excluding tert-OH is 1. The molecule has 0 aliphatic rings. The second-order valence-corrected chi connectivity index (χ2v) is 9.56. The maximum Gasteiger partial charge on any atom is 1.00 e. The van der Waals surface area contributed by atoms with E-state index in [0.29, 0.717) is 26.1 Å². The fourth-order valence-electron chi connectivity index (χ4n) is 3.44. The van der Waals surface area contributed by atoms with Crippen LogP contribution in [0.3, 0.4) is 0 Å². The fourth-order valence-corrected chi connectivity index (χ4v) is 4.28. The van der Waals surface area contributed by atoms with E-state index in [1.807, 2.05) is 48.5 Å². The topological polar surface area (TPSA) is 83.9 Å². The second-order valence-electron chi connectivity index (χ2n) is 7.58. The van der Waals surface area contributed by atoms with Gasteiger partial charge in [0.2, 0.25) is 10.0 Å². The SMILES string of the molecule is CCOC(=O)CCCCCCN(Cc1ccc(-c2ccccc2CO)cc1)S(C)(=O)=O.[B-].[Na+]. The van der Waals surface area contributed by atoms with E-state index >= 15 is 0 Å². The quantitative estimate of drug-likeness (QED) is 0.259. The molecule has 0 spiro atoms. The number of carbonyl (C=O) groups is 1. The summed E-state index contributed by atoms with van der Waals surface area (Å²) >= 11 is 0. The molecule has 0 fully saturated rings. The van der Waals surface area contributed by atoms with Crippen LogP contribution in [0.4, 0.5) is 0 Å². The maximum atomic E-state index is 12.2. The van der Waals surface area contributed by atoms with Crippen molar-refractivity contribution in [2.75, 3.05) is 19.4 Å². The zero-order valence-corrected chi connectivity index (χ0v) is 22.8. The second kappa shape index (κ2) is 16.5. The predicted octanol–water partition coefficient (Wildman–Crippen LogP) is 0.744. The molecule has 0 aromatic heterocycles. The zero-order valence-electron chi connectivity index (χ0n) is 20.0. The Balaban J connectivity index is 0.00000512. The van der Waals surface area contributed by atoms with Crippen molar-refractivity contribution in [3.63, 3.8) is 0 Å². The van der Waals surface area contributed by atoms with Gasteiger partial charge in [-0.15, -0.1) is 0 Å². The standard InChI is InChI=1S/C24H33NO5S.B.Na/c1-3-30-24(27)12-6-4-5-9-17-25(31(2,28)29)18-20-13-15-21(16-14-20)23-11-8-7-10-22(23)19-26;;/h7-8,10-11,13-16,26H,3-6,9,12,17-19H2,1-2H3;;/q;-1;+1. The molecule has 1 N–H and O–H groups in total. The number of nitrogens with zero attached hydrogens (tertiary/aromatic N) is 1. The van der Waals surface area contributed by atoms with Crippen molar-refractivity contribution in [3.05, 3.63) is 59.7 Å². The Hall–Kier alpha value is -1.16. The van der Waals surface area contributed by atoms with Crippen molar-refractivity contribution in [1.82, 2.24) is 4.31 Å². The van der Waals surface area contributed by atoms with Crippen molar-refractivity contribution in [1.29, 1.82) is 0 Å². The molecular weight excluding hydrogens is 448 g/mol. The van der Waals surface area contributed by atoms with E-state index in [4.69, 9.17) is 4.74 Å². The third-order valence-corrected chi connectivity index (χ3v) is 6.37. The van der Waals surface area contributed by atoms with E-state index in [-0.39, 0.29) is 50.5 Å². The van der Waals surface area contributed by atoms with Crippen LogP contribution >= 0.6 is 0 Å². The van der Waals surface area contributed by atoms with Gasteiger partial charge in [0.15, 0.2) is 0 Å². The van der Waals surface area contributed by atoms with Crippen molar-refractivity contribution >= 4 is 24.4 Å². The Bertz CT molecular complexity index is 938. The molecule has 0 bridgehead atoms. The minimum Gasteiger partial charge on any atom is -1.00 e. The molecule has 0 amide bonds. The van der Waals surface area contributed by atoms with E-state index in [0.717, 1.165) is 47.9 Å². The van der Waals surface area contributed by atoms with Gasteiger partial charge in [0.25, 0.3) is 0 Å². The maximum absolute atomic E-state index is 12.2. The van der Waals surface area contributed by atoms with Gasteiger partial charge < -0.3 is 18.3 Å². The molecule has 6 nitrogen and oxygen atoms in total. The summed E-state index contributed by atoms with van der Waals surface area (Å²) in [6.07, 6.45) is 4.89. The molecule has 0 heterocycles. The van der Waals surface area contributed by atoms with Gasteiger partial charge >= 0.3 is 35.5 Å². The number of sulfonamides is 1. The van der Waals surface area contributed by atoms with Gasteiger partial charge in [-0.2, -0.15) is 4.31 Å². The number of aliphatic hydroxyl groups is 1. The first-order chi connectivity index (χ1) is 14.8. The van der Waals surface area contributed by atoms with Crippen molar-refractivity contribution in [3.8, 4) is 11.1 Å². The number of esters is 1. The summed E-state index contributed by atoms with van der Waals surface area (Å²) in [6.45, 7) is 2.94. The number of hydrogen-bond donors (Lipinski definition) is 1. The van der Waals surface area contributed by atoms with E-state index in [1.165, 1.54) is 10.6 Å². The Morgan fingerprint density at radius 2 is 1.64 bits per heavy atom. The Kier molecular flexibility index (Phi) is 15.9. The molecule has 9 heteroatoms. The predicted molar refractivity (Wildman–Crippen MR) is 129 cm³/mol. The molecule has 33 heavy (non-hydrogen) atoms. The van der Waals surface area contributed by atoms with Gasteiger partial charge in [-0.3, -0.25) is 4.79 Å². The van der Waals surface area contributed by atoms with Crippen LogP contribution in [0.25, 0.3) is 11.1 Å². The number of hydrogen-bond acceptors (Lipinski definition) is 5. The molecule has 0 unspecified atom stereocenters. The summed E-state index contributed by atoms with van der Waals surface area (Å²) in [6, 6.07) is 15.5. The molecular formula is C24H33BNNaO5S. The third kappa shape index (κ3) is 11.2.